The van der Waals surface area contributed by atoms with Crippen molar-refractivity contribution < 1.29 is 18.9 Å². The number of benzene rings is 1. The van der Waals surface area contributed by atoms with Gasteiger partial charge >= 0.3 is 7.12 Å². The summed E-state index contributed by atoms with van der Waals surface area (Å²) in [6.07, 6.45) is 1.60. The summed E-state index contributed by atoms with van der Waals surface area (Å²) in [5, 5.41) is 18.5. The third-order valence-electron chi connectivity index (χ3n) is 2.83. The Morgan fingerprint density at radius 3 is 2.68 bits per heavy atom. The van der Waals surface area contributed by atoms with Crippen molar-refractivity contribution in [3.63, 3.8) is 0 Å². The van der Waals surface area contributed by atoms with E-state index >= 15 is 0 Å². The minimum absolute atomic E-state index is 0.186. The molecule has 0 saturated carbocycles. The molecular formula is C13H15BFNO3. The van der Waals surface area contributed by atoms with Gasteiger partial charge in [0.15, 0.2) is 0 Å². The Bertz CT molecular complexity index is 531. The van der Waals surface area contributed by atoms with Crippen molar-refractivity contribution in [2.24, 2.45) is 0 Å². The van der Waals surface area contributed by atoms with Crippen LogP contribution in [0, 0.1) is 5.82 Å². The van der Waals surface area contributed by atoms with Gasteiger partial charge in [-0.3, -0.25) is 4.90 Å². The highest BCUT2D eigenvalue weighted by Crippen LogP contribution is 2.09. The molecule has 0 fully saturated rings. The van der Waals surface area contributed by atoms with Crippen molar-refractivity contribution >= 4 is 12.6 Å². The van der Waals surface area contributed by atoms with Gasteiger partial charge in [-0.2, -0.15) is 0 Å². The Morgan fingerprint density at radius 2 is 2.05 bits per heavy atom. The zero-order valence-corrected chi connectivity index (χ0v) is 10.6. The lowest BCUT2D eigenvalue weighted by Crippen LogP contribution is -2.35. The van der Waals surface area contributed by atoms with Crippen molar-refractivity contribution in [2.75, 3.05) is 7.05 Å². The van der Waals surface area contributed by atoms with Gasteiger partial charge in [0.2, 0.25) is 0 Å². The maximum absolute atomic E-state index is 13.1. The molecule has 0 aliphatic heterocycles. The Hall–Kier alpha value is -1.63. The van der Waals surface area contributed by atoms with Gasteiger partial charge < -0.3 is 14.5 Å². The molecule has 0 bridgehead atoms. The summed E-state index contributed by atoms with van der Waals surface area (Å²) in [5.74, 6) is 0.330. The Balaban J connectivity index is 2.10. The lowest BCUT2D eigenvalue weighted by Gasteiger charge is -2.17. The first-order valence-corrected chi connectivity index (χ1v) is 5.91. The van der Waals surface area contributed by atoms with Crippen molar-refractivity contribution in [3.8, 4) is 0 Å². The quantitative estimate of drug-likeness (QED) is 0.781. The maximum atomic E-state index is 13.1. The molecular weight excluding hydrogens is 248 g/mol. The molecule has 0 atom stereocenters. The summed E-state index contributed by atoms with van der Waals surface area (Å²) in [7, 11) is 0.196. The van der Waals surface area contributed by atoms with Crippen LogP contribution in [-0.4, -0.2) is 29.1 Å². The molecule has 0 saturated heterocycles. The maximum Gasteiger partial charge on any atom is 0.488 e. The first-order chi connectivity index (χ1) is 9.06. The van der Waals surface area contributed by atoms with Crippen LogP contribution in [0.3, 0.4) is 0 Å². The predicted molar refractivity (Wildman–Crippen MR) is 70.1 cm³/mol. The predicted octanol–water partition coefficient (Wildman–Crippen LogP) is 0.730. The second-order valence-electron chi connectivity index (χ2n) is 4.47. The highest BCUT2D eigenvalue weighted by Gasteiger charge is 2.18. The largest absolute Gasteiger partial charge is 0.488 e. The summed E-state index contributed by atoms with van der Waals surface area (Å²) < 4.78 is 18.3. The van der Waals surface area contributed by atoms with Gasteiger partial charge in [-0.1, -0.05) is 6.07 Å². The summed E-state index contributed by atoms with van der Waals surface area (Å²) in [6, 6.07) is 7.68. The van der Waals surface area contributed by atoms with E-state index in [0.29, 0.717) is 18.7 Å². The first kappa shape index (κ1) is 13.8. The van der Waals surface area contributed by atoms with Crippen molar-refractivity contribution in [1.82, 2.24) is 4.90 Å². The van der Waals surface area contributed by atoms with E-state index in [1.54, 1.807) is 12.3 Å². The fourth-order valence-electron chi connectivity index (χ4n) is 1.97. The zero-order valence-electron chi connectivity index (χ0n) is 10.6. The molecule has 0 unspecified atom stereocenters. The van der Waals surface area contributed by atoms with Crippen LogP contribution in [0.1, 0.15) is 11.3 Å². The Kier molecular flexibility index (Phi) is 4.37. The SMILES string of the molecule is CN(Cc1ccco1)Cc1ccc(F)cc1B(O)O. The fraction of sp³-hybridized carbons (Fsp3) is 0.231. The number of hydrogen-bond acceptors (Lipinski definition) is 4. The highest BCUT2D eigenvalue weighted by atomic mass is 19.1. The Labute approximate surface area is 111 Å². The third kappa shape index (κ3) is 3.67. The number of halogens is 1. The normalized spacial score (nSPS) is 11.0. The summed E-state index contributed by atoms with van der Waals surface area (Å²) in [4.78, 5) is 1.94. The second-order valence-corrected chi connectivity index (χ2v) is 4.47. The molecule has 19 heavy (non-hydrogen) atoms. The van der Waals surface area contributed by atoms with E-state index in [0.717, 1.165) is 11.8 Å². The zero-order chi connectivity index (χ0) is 13.8. The molecule has 6 heteroatoms. The van der Waals surface area contributed by atoms with Gasteiger partial charge in [0.25, 0.3) is 0 Å². The summed E-state index contributed by atoms with van der Waals surface area (Å²) >= 11 is 0. The lowest BCUT2D eigenvalue weighted by atomic mass is 9.77. The molecule has 0 amide bonds. The molecule has 0 radical (unpaired) electrons. The van der Waals surface area contributed by atoms with Gasteiger partial charge in [-0.15, -0.1) is 0 Å². The van der Waals surface area contributed by atoms with E-state index in [-0.39, 0.29) is 5.46 Å². The van der Waals surface area contributed by atoms with Crippen LogP contribution < -0.4 is 5.46 Å². The average molecular weight is 263 g/mol. The van der Waals surface area contributed by atoms with Crippen LogP contribution >= 0.6 is 0 Å². The number of nitrogens with zero attached hydrogens (tertiary/aromatic N) is 1. The minimum Gasteiger partial charge on any atom is -0.468 e. The van der Waals surface area contributed by atoms with Crippen LogP contribution in [0.5, 0.6) is 0 Å². The number of rotatable bonds is 5. The molecule has 1 aromatic carbocycles. The van der Waals surface area contributed by atoms with Gasteiger partial charge in [-0.05, 0) is 42.3 Å². The first-order valence-electron chi connectivity index (χ1n) is 5.91. The molecule has 1 heterocycles. The van der Waals surface area contributed by atoms with Crippen molar-refractivity contribution in [1.29, 1.82) is 0 Å². The molecule has 0 aliphatic rings. The summed E-state index contributed by atoms with van der Waals surface area (Å²) in [5.41, 5.74) is 0.858. The Morgan fingerprint density at radius 1 is 1.26 bits per heavy atom. The topological polar surface area (TPSA) is 56.8 Å². The molecule has 100 valence electrons. The summed E-state index contributed by atoms with van der Waals surface area (Å²) in [6.45, 7) is 1.05. The third-order valence-corrected chi connectivity index (χ3v) is 2.83. The van der Waals surface area contributed by atoms with Crippen LogP contribution in [0.15, 0.2) is 41.0 Å². The molecule has 2 aromatic rings. The van der Waals surface area contributed by atoms with Gasteiger partial charge in [0.05, 0.1) is 12.8 Å². The monoisotopic (exact) mass is 263 g/mol. The van der Waals surface area contributed by atoms with Crippen molar-refractivity contribution in [2.45, 2.75) is 13.1 Å². The highest BCUT2D eigenvalue weighted by molar-refractivity contribution is 6.59. The second kappa shape index (κ2) is 6.01. The lowest BCUT2D eigenvalue weighted by molar-refractivity contribution is 0.288. The van der Waals surface area contributed by atoms with Crippen LogP contribution in [0.2, 0.25) is 0 Å². The average Bonchev–Trinajstić information content (AvgIpc) is 2.83. The van der Waals surface area contributed by atoms with Crippen molar-refractivity contribution in [3.05, 3.63) is 53.7 Å². The van der Waals surface area contributed by atoms with E-state index in [9.17, 15) is 14.4 Å². The van der Waals surface area contributed by atoms with Gasteiger partial charge in [-0.25, -0.2) is 4.39 Å². The van der Waals surface area contributed by atoms with Gasteiger partial charge in [0, 0.05) is 6.54 Å². The molecule has 0 aliphatic carbocycles. The van der Waals surface area contributed by atoms with E-state index in [2.05, 4.69) is 0 Å². The standard InChI is InChI=1S/C13H15BFNO3/c1-16(9-12-3-2-6-19-12)8-10-4-5-11(15)7-13(10)14(17)18/h2-7,17-18H,8-9H2,1H3. The van der Waals surface area contributed by atoms with E-state index in [1.807, 2.05) is 24.1 Å². The van der Waals surface area contributed by atoms with E-state index in [4.69, 9.17) is 4.42 Å². The molecule has 2 N–H and O–H groups in total. The van der Waals surface area contributed by atoms with E-state index in [1.165, 1.54) is 6.07 Å². The fourth-order valence-corrected chi connectivity index (χ4v) is 1.97. The van der Waals surface area contributed by atoms with Gasteiger partial charge in [0.1, 0.15) is 11.6 Å². The van der Waals surface area contributed by atoms with Crippen LogP contribution in [0.25, 0.3) is 0 Å². The van der Waals surface area contributed by atoms with E-state index < -0.39 is 12.9 Å². The van der Waals surface area contributed by atoms with Crippen LogP contribution in [0.4, 0.5) is 4.39 Å². The number of hydrogen-bond donors (Lipinski definition) is 2. The molecule has 0 spiro atoms. The number of furan rings is 1. The smallest absolute Gasteiger partial charge is 0.468 e. The molecule has 1 aromatic heterocycles. The van der Waals surface area contributed by atoms with Crippen LogP contribution in [-0.2, 0) is 13.1 Å². The molecule has 2 rings (SSSR count). The molecule has 4 nitrogen and oxygen atoms in total. The minimum atomic E-state index is -1.68.